The molecule has 0 radical (unpaired) electrons. The quantitative estimate of drug-likeness (QED) is 0.374. The summed E-state index contributed by atoms with van der Waals surface area (Å²) >= 11 is 0. The van der Waals surface area contributed by atoms with Gasteiger partial charge in [0.2, 0.25) is 5.95 Å². The number of aryl methyl sites for hydroxylation is 2. The maximum atomic E-state index is 11.7. The summed E-state index contributed by atoms with van der Waals surface area (Å²) in [6, 6.07) is 15.4. The Kier molecular flexibility index (Phi) is 7.81. The van der Waals surface area contributed by atoms with Gasteiger partial charge in [-0.25, -0.2) is 10.4 Å². The highest BCUT2D eigenvalue weighted by atomic mass is 16.5. The number of aromatic amines is 1. The molecule has 0 aliphatic rings. The van der Waals surface area contributed by atoms with Crippen LogP contribution in [0.2, 0.25) is 0 Å². The molecule has 0 aliphatic heterocycles. The lowest BCUT2D eigenvalue weighted by atomic mass is 10.2. The molecule has 3 rings (SSSR count). The van der Waals surface area contributed by atoms with Crippen LogP contribution in [-0.4, -0.2) is 22.8 Å². The normalized spacial score (nSPS) is 10.9. The Labute approximate surface area is 182 Å². The summed E-state index contributed by atoms with van der Waals surface area (Å²) in [6.45, 7) is 7.01. The number of ether oxygens (including phenoxy) is 2. The van der Waals surface area contributed by atoms with Gasteiger partial charge >= 0.3 is 0 Å². The molecule has 7 nitrogen and oxygen atoms in total. The van der Waals surface area contributed by atoms with Gasteiger partial charge in [-0.2, -0.15) is 5.10 Å². The number of H-pyrrole nitrogens is 1. The molecule has 2 aromatic carbocycles. The van der Waals surface area contributed by atoms with Crippen molar-refractivity contribution in [1.29, 1.82) is 0 Å². The fourth-order valence-electron chi connectivity index (χ4n) is 2.95. The Bertz CT molecular complexity index is 1070. The van der Waals surface area contributed by atoms with Gasteiger partial charge in [-0.3, -0.25) is 9.78 Å². The van der Waals surface area contributed by atoms with Crippen LogP contribution in [0.15, 0.2) is 58.4 Å². The lowest BCUT2D eigenvalue weighted by molar-refractivity contribution is 0.269. The van der Waals surface area contributed by atoms with E-state index in [0.29, 0.717) is 30.7 Å². The van der Waals surface area contributed by atoms with Crippen molar-refractivity contribution in [2.24, 2.45) is 5.10 Å². The molecule has 0 atom stereocenters. The van der Waals surface area contributed by atoms with Crippen molar-refractivity contribution in [2.45, 2.75) is 40.2 Å². The molecule has 0 unspecified atom stereocenters. The van der Waals surface area contributed by atoms with Gasteiger partial charge in [0.1, 0.15) is 6.61 Å². The minimum absolute atomic E-state index is 0.204. The summed E-state index contributed by atoms with van der Waals surface area (Å²) in [7, 11) is 0. The summed E-state index contributed by atoms with van der Waals surface area (Å²) in [6.07, 6.45) is 3.29. The van der Waals surface area contributed by atoms with Crippen LogP contribution in [0.1, 0.15) is 42.7 Å². The number of anilines is 1. The lowest BCUT2D eigenvalue weighted by Crippen LogP contribution is -2.12. The smallest absolute Gasteiger partial charge is 0.252 e. The van der Waals surface area contributed by atoms with Crippen molar-refractivity contribution in [3.05, 3.63) is 81.3 Å². The summed E-state index contributed by atoms with van der Waals surface area (Å²) in [5, 5.41) is 4.18. The van der Waals surface area contributed by atoms with E-state index in [4.69, 9.17) is 9.47 Å². The van der Waals surface area contributed by atoms with Crippen LogP contribution in [0, 0.1) is 6.92 Å². The third-order valence-corrected chi connectivity index (χ3v) is 4.47. The molecule has 31 heavy (non-hydrogen) atoms. The molecular formula is C24H28N4O3. The summed E-state index contributed by atoms with van der Waals surface area (Å²) < 4.78 is 11.7. The van der Waals surface area contributed by atoms with Gasteiger partial charge in [0.05, 0.1) is 12.8 Å². The maximum Gasteiger partial charge on any atom is 0.252 e. The Balaban J connectivity index is 1.68. The number of hydrazone groups is 1. The fourth-order valence-corrected chi connectivity index (χ4v) is 2.95. The monoisotopic (exact) mass is 420 g/mol. The summed E-state index contributed by atoms with van der Waals surface area (Å²) in [5.41, 5.74) is 6.44. The minimum atomic E-state index is -0.204. The highest BCUT2D eigenvalue weighted by Gasteiger charge is 2.07. The minimum Gasteiger partial charge on any atom is -0.490 e. The van der Waals surface area contributed by atoms with Gasteiger partial charge < -0.3 is 9.47 Å². The second-order valence-electron chi connectivity index (χ2n) is 7.12. The predicted octanol–water partition coefficient (Wildman–Crippen LogP) is 4.45. The standard InChI is InChI=1S/C24H28N4O3/c1-4-6-20-14-23(29)27-24(26-20)28-25-15-19-11-12-21(22(13-19)30-5-2)31-16-18-9-7-17(3)8-10-18/h7-15H,4-6,16H2,1-3H3,(H2,26,27,28,29). The van der Waals surface area contributed by atoms with Crippen LogP contribution < -0.4 is 20.5 Å². The van der Waals surface area contributed by atoms with Crippen molar-refractivity contribution >= 4 is 12.2 Å². The molecule has 0 saturated carbocycles. The molecule has 0 fully saturated rings. The van der Waals surface area contributed by atoms with E-state index in [1.165, 1.54) is 11.6 Å². The fraction of sp³-hybridized carbons (Fsp3) is 0.292. The van der Waals surface area contributed by atoms with Crippen LogP contribution >= 0.6 is 0 Å². The maximum absolute atomic E-state index is 11.7. The van der Waals surface area contributed by atoms with Crippen LogP contribution in [-0.2, 0) is 13.0 Å². The van der Waals surface area contributed by atoms with E-state index in [0.717, 1.165) is 29.7 Å². The van der Waals surface area contributed by atoms with Gasteiger partial charge in [-0.05, 0) is 49.6 Å². The number of nitrogens with one attached hydrogen (secondary N) is 2. The number of hydrogen-bond donors (Lipinski definition) is 2. The average molecular weight is 421 g/mol. The number of nitrogens with zero attached hydrogens (tertiary/aromatic N) is 2. The molecule has 0 amide bonds. The van der Waals surface area contributed by atoms with Crippen molar-refractivity contribution in [3.8, 4) is 11.5 Å². The van der Waals surface area contributed by atoms with Crippen LogP contribution in [0.25, 0.3) is 0 Å². The Morgan fingerprint density at radius 2 is 1.87 bits per heavy atom. The van der Waals surface area contributed by atoms with Crippen molar-refractivity contribution in [1.82, 2.24) is 9.97 Å². The van der Waals surface area contributed by atoms with Crippen LogP contribution in [0.4, 0.5) is 5.95 Å². The molecule has 162 valence electrons. The predicted molar refractivity (Wildman–Crippen MR) is 123 cm³/mol. The Morgan fingerprint density at radius 1 is 1.06 bits per heavy atom. The molecular weight excluding hydrogens is 392 g/mol. The SMILES string of the molecule is CCCc1cc(=O)[nH]c(NN=Cc2ccc(OCc3ccc(C)cc3)c(OCC)c2)n1. The zero-order valence-electron chi connectivity index (χ0n) is 18.1. The first kappa shape index (κ1) is 22.1. The topological polar surface area (TPSA) is 88.6 Å². The van der Waals surface area contributed by atoms with Crippen molar-refractivity contribution in [3.63, 3.8) is 0 Å². The zero-order valence-corrected chi connectivity index (χ0v) is 18.1. The molecule has 2 N–H and O–H groups in total. The largest absolute Gasteiger partial charge is 0.490 e. The van der Waals surface area contributed by atoms with Gasteiger partial charge in [-0.15, -0.1) is 0 Å². The second-order valence-corrected chi connectivity index (χ2v) is 7.12. The summed E-state index contributed by atoms with van der Waals surface area (Å²) in [4.78, 5) is 18.7. The first-order chi connectivity index (χ1) is 15.1. The van der Waals surface area contributed by atoms with E-state index in [1.54, 1.807) is 6.21 Å². The first-order valence-electron chi connectivity index (χ1n) is 10.4. The zero-order chi connectivity index (χ0) is 22.1. The molecule has 0 aliphatic carbocycles. The Morgan fingerprint density at radius 3 is 2.61 bits per heavy atom. The Hall–Kier alpha value is -3.61. The van der Waals surface area contributed by atoms with E-state index in [9.17, 15) is 4.79 Å². The van der Waals surface area contributed by atoms with E-state index < -0.39 is 0 Å². The highest BCUT2D eigenvalue weighted by molar-refractivity contribution is 5.81. The van der Waals surface area contributed by atoms with Gasteiger partial charge in [0.25, 0.3) is 5.56 Å². The van der Waals surface area contributed by atoms with E-state index in [1.807, 2.05) is 32.0 Å². The number of rotatable bonds is 10. The average Bonchev–Trinajstić information content (AvgIpc) is 2.74. The molecule has 1 aromatic heterocycles. The van der Waals surface area contributed by atoms with Crippen molar-refractivity contribution in [2.75, 3.05) is 12.0 Å². The highest BCUT2D eigenvalue weighted by Crippen LogP contribution is 2.29. The molecule has 7 heteroatoms. The number of hydrogen-bond acceptors (Lipinski definition) is 6. The van der Waals surface area contributed by atoms with Crippen molar-refractivity contribution < 1.29 is 9.47 Å². The second kappa shape index (κ2) is 11.0. The number of aromatic nitrogens is 2. The van der Waals surface area contributed by atoms with E-state index in [-0.39, 0.29) is 5.56 Å². The van der Waals surface area contributed by atoms with E-state index in [2.05, 4.69) is 51.7 Å². The third-order valence-electron chi connectivity index (χ3n) is 4.47. The van der Waals surface area contributed by atoms with E-state index >= 15 is 0 Å². The first-order valence-corrected chi connectivity index (χ1v) is 10.4. The van der Waals surface area contributed by atoms with Gasteiger partial charge in [0, 0.05) is 11.8 Å². The number of benzene rings is 2. The van der Waals surface area contributed by atoms with Gasteiger partial charge in [0.15, 0.2) is 11.5 Å². The summed E-state index contributed by atoms with van der Waals surface area (Å²) in [5.74, 6) is 1.64. The third kappa shape index (κ3) is 6.70. The molecule has 0 bridgehead atoms. The molecule has 3 aromatic rings. The van der Waals surface area contributed by atoms with Crippen LogP contribution in [0.3, 0.4) is 0 Å². The van der Waals surface area contributed by atoms with Crippen LogP contribution in [0.5, 0.6) is 11.5 Å². The molecule has 0 spiro atoms. The molecule has 0 saturated heterocycles. The molecule has 1 heterocycles. The lowest BCUT2D eigenvalue weighted by Gasteiger charge is -2.13. The van der Waals surface area contributed by atoms with Gasteiger partial charge in [-0.1, -0.05) is 43.2 Å².